The smallest absolute Gasteiger partial charge is 0.271 e. The van der Waals surface area contributed by atoms with Crippen molar-refractivity contribution < 1.29 is 14.3 Å². The van der Waals surface area contributed by atoms with Gasteiger partial charge < -0.3 is 19.7 Å². The molecule has 1 aromatic carbocycles. The highest BCUT2D eigenvalue weighted by Crippen LogP contribution is 2.39. The SMILES string of the molecule is COCCCN1C(=O)C(C)(CN=[N+]=[N-])Oc2ccc(CNC3CC3)cc21. The number of anilines is 1. The molecule has 1 N–H and O–H groups in total. The van der Waals surface area contributed by atoms with Crippen LogP contribution in [0.1, 0.15) is 31.7 Å². The van der Waals surface area contributed by atoms with Crippen LogP contribution in [0.5, 0.6) is 5.75 Å². The van der Waals surface area contributed by atoms with Crippen molar-refractivity contribution in [2.75, 3.05) is 31.7 Å². The third-order valence-electron chi connectivity index (χ3n) is 4.68. The van der Waals surface area contributed by atoms with Crippen LogP contribution in [-0.4, -0.2) is 44.4 Å². The van der Waals surface area contributed by atoms with E-state index in [9.17, 15) is 4.79 Å². The van der Waals surface area contributed by atoms with Gasteiger partial charge in [0.05, 0.1) is 12.2 Å². The molecule has 8 nitrogen and oxygen atoms in total. The maximum Gasteiger partial charge on any atom is 0.271 e. The van der Waals surface area contributed by atoms with E-state index in [0.717, 1.165) is 17.8 Å². The van der Waals surface area contributed by atoms with Gasteiger partial charge in [-0.25, -0.2) is 0 Å². The van der Waals surface area contributed by atoms with E-state index in [1.54, 1.807) is 18.9 Å². The van der Waals surface area contributed by atoms with Gasteiger partial charge in [-0.1, -0.05) is 11.2 Å². The minimum atomic E-state index is -1.19. The summed E-state index contributed by atoms with van der Waals surface area (Å²) in [5.41, 5.74) is 9.31. The maximum absolute atomic E-state index is 13.1. The normalized spacial score (nSPS) is 21.8. The lowest BCUT2D eigenvalue weighted by Gasteiger charge is -2.40. The van der Waals surface area contributed by atoms with Crippen LogP contribution in [0.3, 0.4) is 0 Å². The molecule has 3 rings (SSSR count). The zero-order valence-corrected chi connectivity index (χ0v) is 15.3. The molecule has 8 heteroatoms. The Morgan fingerprint density at radius 3 is 3.00 bits per heavy atom. The summed E-state index contributed by atoms with van der Waals surface area (Å²) in [6, 6.07) is 6.52. The van der Waals surface area contributed by atoms with Gasteiger partial charge in [-0.15, -0.1) is 0 Å². The summed E-state index contributed by atoms with van der Waals surface area (Å²) >= 11 is 0. The molecule has 140 valence electrons. The van der Waals surface area contributed by atoms with Gasteiger partial charge in [-0.05, 0) is 49.4 Å². The fourth-order valence-corrected chi connectivity index (χ4v) is 3.06. The van der Waals surface area contributed by atoms with E-state index in [1.807, 2.05) is 18.2 Å². The predicted octanol–water partition coefficient (Wildman–Crippen LogP) is 2.77. The molecule has 0 aromatic heterocycles. The summed E-state index contributed by atoms with van der Waals surface area (Å²) in [6.07, 6.45) is 3.17. The fourth-order valence-electron chi connectivity index (χ4n) is 3.06. The van der Waals surface area contributed by atoms with E-state index in [1.165, 1.54) is 12.8 Å². The van der Waals surface area contributed by atoms with Crippen molar-refractivity contribution in [2.24, 2.45) is 5.11 Å². The molecule has 1 aliphatic carbocycles. The lowest BCUT2D eigenvalue weighted by molar-refractivity contribution is -0.133. The zero-order chi connectivity index (χ0) is 18.6. The lowest BCUT2D eigenvalue weighted by atomic mass is 10.00. The Bertz CT molecular complexity index is 715. The van der Waals surface area contributed by atoms with Gasteiger partial charge >= 0.3 is 0 Å². The Hall–Kier alpha value is -2.28. The number of amides is 1. The van der Waals surface area contributed by atoms with Crippen molar-refractivity contribution >= 4 is 11.6 Å². The van der Waals surface area contributed by atoms with Crippen molar-refractivity contribution in [3.63, 3.8) is 0 Å². The van der Waals surface area contributed by atoms with E-state index >= 15 is 0 Å². The number of nitrogens with one attached hydrogen (secondary N) is 1. The van der Waals surface area contributed by atoms with Crippen LogP contribution in [0, 0.1) is 0 Å². The first-order valence-electron chi connectivity index (χ1n) is 8.94. The molecule has 1 heterocycles. The number of carbonyl (C=O) groups is 1. The molecule has 26 heavy (non-hydrogen) atoms. The highest BCUT2D eigenvalue weighted by molar-refractivity contribution is 6.02. The molecule has 1 amide bonds. The molecule has 1 fully saturated rings. The van der Waals surface area contributed by atoms with E-state index in [2.05, 4.69) is 15.3 Å². The largest absolute Gasteiger partial charge is 0.475 e. The average Bonchev–Trinajstić information content (AvgIpc) is 3.46. The summed E-state index contributed by atoms with van der Waals surface area (Å²) in [7, 11) is 1.64. The number of benzene rings is 1. The molecule has 1 saturated carbocycles. The van der Waals surface area contributed by atoms with Crippen molar-refractivity contribution in [1.29, 1.82) is 0 Å². The lowest BCUT2D eigenvalue weighted by Crippen LogP contribution is -2.56. The van der Waals surface area contributed by atoms with Gasteiger partial charge in [0.1, 0.15) is 5.75 Å². The van der Waals surface area contributed by atoms with Crippen LogP contribution in [0.25, 0.3) is 10.4 Å². The molecule has 2 aliphatic rings. The standard InChI is InChI=1S/C18H25N5O3/c1-18(12-21-22-19)17(24)23(8-3-9-25-2)15-10-13(4-7-16(15)26-18)11-20-14-5-6-14/h4,7,10,14,20H,3,5-6,8-9,11-12H2,1-2H3. The number of nitrogens with zero attached hydrogens (tertiary/aromatic N) is 4. The quantitative estimate of drug-likeness (QED) is 0.317. The summed E-state index contributed by atoms with van der Waals surface area (Å²) < 4.78 is 11.1. The van der Waals surface area contributed by atoms with Crippen LogP contribution in [0.4, 0.5) is 5.69 Å². The predicted molar refractivity (Wildman–Crippen MR) is 98.2 cm³/mol. The van der Waals surface area contributed by atoms with Crippen LogP contribution < -0.4 is 15.0 Å². The molecular formula is C18H25N5O3. The maximum atomic E-state index is 13.1. The minimum Gasteiger partial charge on any atom is -0.475 e. The van der Waals surface area contributed by atoms with E-state index in [0.29, 0.717) is 31.4 Å². The first-order chi connectivity index (χ1) is 12.6. The Labute approximate surface area is 153 Å². The number of ether oxygens (including phenoxy) is 2. The summed E-state index contributed by atoms with van der Waals surface area (Å²) in [5.74, 6) is 0.439. The molecule has 0 radical (unpaired) electrons. The Kier molecular flexibility index (Phi) is 5.66. The Morgan fingerprint density at radius 1 is 1.50 bits per heavy atom. The molecular weight excluding hydrogens is 334 g/mol. The summed E-state index contributed by atoms with van der Waals surface area (Å²) in [5, 5.41) is 7.05. The molecule has 1 aliphatic heterocycles. The van der Waals surface area contributed by atoms with Crippen LogP contribution in [-0.2, 0) is 16.1 Å². The number of carbonyl (C=O) groups excluding carboxylic acids is 1. The number of hydrogen-bond donors (Lipinski definition) is 1. The topological polar surface area (TPSA) is 99.6 Å². The molecule has 1 unspecified atom stereocenters. The van der Waals surface area contributed by atoms with Crippen LogP contribution in [0.2, 0.25) is 0 Å². The number of methoxy groups -OCH3 is 1. The first kappa shape index (κ1) is 18.5. The van der Waals surface area contributed by atoms with Crippen LogP contribution in [0.15, 0.2) is 23.3 Å². The second kappa shape index (κ2) is 7.95. The second-order valence-corrected chi connectivity index (χ2v) is 6.98. The molecule has 0 saturated heterocycles. The Balaban J connectivity index is 1.86. The Morgan fingerprint density at radius 2 is 2.31 bits per heavy atom. The molecule has 0 bridgehead atoms. The van der Waals surface area contributed by atoms with Gasteiger partial charge in [-0.3, -0.25) is 4.79 Å². The highest BCUT2D eigenvalue weighted by Gasteiger charge is 2.44. The number of hydrogen-bond acceptors (Lipinski definition) is 5. The summed E-state index contributed by atoms with van der Waals surface area (Å²) in [6.45, 7) is 3.48. The van der Waals surface area contributed by atoms with Crippen molar-refractivity contribution in [3.05, 3.63) is 34.2 Å². The first-order valence-corrected chi connectivity index (χ1v) is 8.94. The van der Waals surface area contributed by atoms with Crippen molar-refractivity contribution in [3.8, 4) is 5.75 Å². The molecule has 0 spiro atoms. The number of fused-ring (bicyclic) bond motifs is 1. The van der Waals surface area contributed by atoms with E-state index in [4.69, 9.17) is 15.0 Å². The van der Waals surface area contributed by atoms with Gasteiger partial charge in [0.25, 0.3) is 5.91 Å². The monoisotopic (exact) mass is 359 g/mol. The molecule has 1 atom stereocenters. The van der Waals surface area contributed by atoms with E-state index < -0.39 is 5.60 Å². The fraction of sp³-hybridized carbons (Fsp3) is 0.611. The van der Waals surface area contributed by atoms with Crippen LogP contribution >= 0.6 is 0 Å². The van der Waals surface area contributed by atoms with Gasteiger partial charge in [-0.2, -0.15) is 0 Å². The van der Waals surface area contributed by atoms with Gasteiger partial charge in [0, 0.05) is 37.8 Å². The highest BCUT2D eigenvalue weighted by atomic mass is 16.5. The third kappa shape index (κ3) is 4.09. The third-order valence-corrected chi connectivity index (χ3v) is 4.68. The van der Waals surface area contributed by atoms with E-state index in [-0.39, 0.29) is 12.5 Å². The van der Waals surface area contributed by atoms with Gasteiger partial charge in [0.15, 0.2) is 5.60 Å². The van der Waals surface area contributed by atoms with Gasteiger partial charge in [0.2, 0.25) is 0 Å². The number of rotatable bonds is 9. The average molecular weight is 359 g/mol. The zero-order valence-electron chi connectivity index (χ0n) is 15.3. The molecule has 1 aromatic rings. The van der Waals surface area contributed by atoms with Crippen molar-refractivity contribution in [1.82, 2.24) is 5.32 Å². The van der Waals surface area contributed by atoms with Crippen molar-refractivity contribution in [2.45, 2.75) is 44.4 Å². The minimum absolute atomic E-state index is 0.0481. The summed E-state index contributed by atoms with van der Waals surface area (Å²) in [4.78, 5) is 17.6. The number of azide groups is 1. The second-order valence-electron chi connectivity index (χ2n) is 6.98.